The fourth-order valence-corrected chi connectivity index (χ4v) is 4.08. The smallest absolute Gasteiger partial charge is 0.203 e. The Hall–Kier alpha value is -2.70. The summed E-state index contributed by atoms with van der Waals surface area (Å²) in [5.74, 6) is 0.935. The van der Waals surface area contributed by atoms with Crippen molar-refractivity contribution in [2.24, 2.45) is 5.10 Å². The molecule has 0 saturated carbocycles. The molecule has 5 nitrogen and oxygen atoms in total. The standard InChI is InChI=1S/C22H24N4OS/c1-27-21-10-9-17(13-19(21)15-26-11-5-6-12-26)14-23-25-22-24-20(16-28-22)18-7-3-2-4-8-18/h2-4,7-10,13-14,16H,5-6,11-12,15H2,1H3,(H,24,25). The monoisotopic (exact) mass is 392 g/mol. The summed E-state index contributed by atoms with van der Waals surface area (Å²) in [7, 11) is 1.73. The zero-order valence-electron chi connectivity index (χ0n) is 16.0. The summed E-state index contributed by atoms with van der Waals surface area (Å²) in [5.41, 5.74) is 7.35. The number of anilines is 1. The maximum absolute atomic E-state index is 5.53. The van der Waals surface area contributed by atoms with Gasteiger partial charge >= 0.3 is 0 Å². The second-order valence-electron chi connectivity index (χ2n) is 6.83. The zero-order chi connectivity index (χ0) is 19.2. The summed E-state index contributed by atoms with van der Waals surface area (Å²) in [6.45, 7) is 3.25. The number of nitrogens with zero attached hydrogens (tertiary/aromatic N) is 3. The third-order valence-electron chi connectivity index (χ3n) is 4.84. The van der Waals surface area contributed by atoms with E-state index in [1.807, 2.05) is 41.9 Å². The molecule has 1 aromatic heterocycles. The number of hydrogen-bond acceptors (Lipinski definition) is 6. The van der Waals surface area contributed by atoms with E-state index in [0.717, 1.165) is 47.3 Å². The molecule has 2 heterocycles. The van der Waals surface area contributed by atoms with Crippen molar-refractivity contribution in [3.8, 4) is 17.0 Å². The van der Waals surface area contributed by atoms with Crippen LogP contribution in [0.3, 0.4) is 0 Å². The Kier molecular flexibility index (Phi) is 5.99. The van der Waals surface area contributed by atoms with E-state index in [1.165, 1.54) is 18.4 Å². The number of benzene rings is 2. The fourth-order valence-electron chi connectivity index (χ4n) is 3.41. The van der Waals surface area contributed by atoms with Crippen molar-refractivity contribution in [2.45, 2.75) is 19.4 Å². The molecule has 144 valence electrons. The molecule has 0 radical (unpaired) electrons. The Morgan fingerprint density at radius 1 is 1.18 bits per heavy atom. The molecule has 1 aliphatic rings. The van der Waals surface area contributed by atoms with Crippen LogP contribution >= 0.6 is 11.3 Å². The lowest BCUT2D eigenvalue weighted by molar-refractivity contribution is 0.321. The third-order valence-corrected chi connectivity index (χ3v) is 5.59. The molecule has 1 aliphatic heterocycles. The molecule has 3 aromatic rings. The molecule has 2 aromatic carbocycles. The van der Waals surface area contributed by atoms with Crippen LogP contribution in [0.1, 0.15) is 24.0 Å². The maximum atomic E-state index is 5.53. The van der Waals surface area contributed by atoms with Gasteiger partial charge in [0.25, 0.3) is 0 Å². The summed E-state index contributed by atoms with van der Waals surface area (Å²) in [4.78, 5) is 7.06. The summed E-state index contributed by atoms with van der Waals surface area (Å²) in [6.07, 6.45) is 4.40. The maximum Gasteiger partial charge on any atom is 0.203 e. The van der Waals surface area contributed by atoms with Crippen LogP contribution in [0.5, 0.6) is 5.75 Å². The lowest BCUT2D eigenvalue weighted by Gasteiger charge is -2.17. The van der Waals surface area contributed by atoms with Gasteiger partial charge in [-0.1, -0.05) is 30.3 Å². The van der Waals surface area contributed by atoms with E-state index in [9.17, 15) is 0 Å². The highest BCUT2D eigenvalue weighted by Crippen LogP contribution is 2.25. The molecule has 1 saturated heterocycles. The zero-order valence-corrected chi connectivity index (χ0v) is 16.8. The highest BCUT2D eigenvalue weighted by molar-refractivity contribution is 7.14. The number of likely N-dealkylation sites (tertiary alicyclic amines) is 1. The van der Waals surface area contributed by atoms with Crippen LogP contribution in [0, 0.1) is 0 Å². The lowest BCUT2D eigenvalue weighted by Crippen LogP contribution is -2.18. The van der Waals surface area contributed by atoms with Crippen LogP contribution in [-0.4, -0.2) is 36.3 Å². The van der Waals surface area contributed by atoms with Crippen LogP contribution < -0.4 is 10.2 Å². The van der Waals surface area contributed by atoms with Crippen molar-refractivity contribution in [1.82, 2.24) is 9.88 Å². The molecule has 1 N–H and O–H groups in total. The summed E-state index contributed by atoms with van der Waals surface area (Å²) < 4.78 is 5.53. The van der Waals surface area contributed by atoms with E-state index in [2.05, 4.69) is 38.6 Å². The molecule has 28 heavy (non-hydrogen) atoms. The first-order valence-corrected chi connectivity index (χ1v) is 10.4. The Morgan fingerprint density at radius 2 is 2.00 bits per heavy atom. The van der Waals surface area contributed by atoms with Crippen molar-refractivity contribution in [3.63, 3.8) is 0 Å². The summed E-state index contributed by atoms with van der Waals surface area (Å²) in [6, 6.07) is 16.3. The van der Waals surface area contributed by atoms with Crippen molar-refractivity contribution in [2.75, 3.05) is 25.6 Å². The van der Waals surface area contributed by atoms with Gasteiger partial charge in [0.2, 0.25) is 5.13 Å². The molecule has 6 heteroatoms. The SMILES string of the molecule is COc1ccc(C=NNc2nc(-c3ccccc3)cs2)cc1CN1CCCC1. The van der Waals surface area contributed by atoms with Crippen molar-refractivity contribution < 1.29 is 4.74 Å². The van der Waals surface area contributed by atoms with Crippen LogP contribution in [0.4, 0.5) is 5.13 Å². The molecular weight excluding hydrogens is 368 g/mol. The largest absolute Gasteiger partial charge is 0.496 e. The first-order chi connectivity index (χ1) is 13.8. The van der Waals surface area contributed by atoms with E-state index in [1.54, 1.807) is 18.4 Å². The lowest BCUT2D eigenvalue weighted by atomic mass is 10.1. The minimum atomic E-state index is 0.779. The average Bonchev–Trinajstić information content (AvgIpc) is 3.41. The Labute approximate surface area is 169 Å². The van der Waals surface area contributed by atoms with Gasteiger partial charge in [0.15, 0.2) is 0 Å². The number of thiazole rings is 1. The molecule has 0 unspecified atom stereocenters. The first kappa shape index (κ1) is 18.7. The average molecular weight is 393 g/mol. The molecule has 0 atom stereocenters. The quantitative estimate of drug-likeness (QED) is 0.461. The number of aromatic nitrogens is 1. The van der Waals surface area contributed by atoms with Crippen LogP contribution in [0.25, 0.3) is 11.3 Å². The molecule has 4 rings (SSSR count). The summed E-state index contributed by atoms with van der Waals surface area (Å²) >= 11 is 1.55. The van der Waals surface area contributed by atoms with Gasteiger partial charge in [-0.25, -0.2) is 4.98 Å². The molecule has 1 fully saturated rings. The number of rotatable bonds is 7. The Balaban J connectivity index is 1.42. The van der Waals surface area contributed by atoms with E-state index >= 15 is 0 Å². The fraction of sp³-hybridized carbons (Fsp3) is 0.273. The number of ether oxygens (including phenoxy) is 1. The van der Waals surface area contributed by atoms with Gasteiger partial charge in [-0.2, -0.15) is 5.10 Å². The number of nitrogens with one attached hydrogen (secondary N) is 1. The van der Waals surface area contributed by atoms with E-state index in [0.29, 0.717) is 0 Å². The minimum Gasteiger partial charge on any atom is -0.496 e. The highest BCUT2D eigenvalue weighted by atomic mass is 32.1. The number of methoxy groups -OCH3 is 1. The summed E-state index contributed by atoms with van der Waals surface area (Å²) in [5, 5.41) is 7.18. The Morgan fingerprint density at radius 3 is 2.79 bits per heavy atom. The predicted molar refractivity (Wildman–Crippen MR) is 116 cm³/mol. The number of hydrazone groups is 1. The van der Waals surface area contributed by atoms with Gasteiger partial charge in [-0.3, -0.25) is 10.3 Å². The van der Waals surface area contributed by atoms with Gasteiger partial charge in [0.1, 0.15) is 5.75 Å². The second kappa shape index (κ2) is 8.99. The minimum absolute atomic E-state index is 0.779. The van der Waals surface area contributed by atoms with Crippen molar-refractivity contribution in [3.05, 3.63) is 65.0 Å². The molecule has 0 bridgehead atoms. The van der Waals surface area contributed by atoms with E-state index in [-0.39, 0.29) is 0 Å². The first-order valence-electron chi connectivity index (χ1n) is 9.51. The third kappa shape index (κ3) is 4.58. The van der Waals surface area contributed by atoms with Crippen LogP contribution in [0.15, 0.2) is 59.0 Å². The predicted octanol–water partition coefficient (Wildman–Crippen LogP) is 4.86. The van der Waals surface area contributed by atoms with E-state index < -0.39 is 0 Å². The number of hydrogen-bond donors (Lipinski definition) is 1. The normalized spacial score (nSPS) is 14.6. The van der Waals surface area contributed by atoms with Gasteiger partial charge in [-0.15, -0.1) is 11.3 Å². The van der Waals surface area contributed by atoms with Crippen LogP contribution in [-0.2, 0) is 6.54 Å². The van der Waals surface area contributed by atoms with Gasteiger partial charge in [0, 0.05) is 23.1 Å². The highest BCUT2D eigenvalue weighted by Gasteiger charge is 2.14. The van der Waals surface area contributed by atoms with Crippen molar-refractivity contribution >= 4 is 22.7 Å². The molecular formula is C22H24N4OS. The van der Waals surface area contributed by atoms with Crippen LogP contribution in [0.2, 0.25) is 0 Å². The Bertz CT molecular complexity index is 933. The topological polar surface area (TPSA) is 49.8 Å². The van der Waals surface area contributed by atoms with Crippen molar-refractivity contribution in [1.29, 1.82) is 0 Å². The molecule has 0 aliphatic carbocycles. The van der Waals surface area contributed by atoms with Gasteiger partial charge in [0.05, 0.1) is 19.0 Å². The molecule has 0 spiro atoms. The van der Waals surface area contributed by atoms with E-state index in [4.69, 9.17) is 4.74 Å². The van der Waals surface area contributed by atoms with Gasteiger partial charge in [-0.05, 0) is 49.7 Å². The van der Waals surface area contributed by atoms with Gasteiger partial charge < -0.3 is 4.74 Å². The second-order valence-corrected chi connectivity index (χ2v) is 7.69. The molecule has 0 amide bonds.